The molecular weight excluding hydrogens is 304 g/mol. The van der Waals surface area contributed by atoms with E-state index in [1.54, 1.807) is 0 Å². The van der Waals surface area contributed by atoms with Gasteiger partial charge in [-0.25, -0.2) is 4.79 Å². The first-order valence-electron chi connectivity index (χ1n) is 8.17. The third-order valence-electron chi connectivity index (χ3n) is 5.51. The molecule has 3 rings (SSSR count). The van der Waals surface area contributed by atoms with E-state index in [9.17, 15) is 9.59 Å². The fraction of sp³-hybridized carbons (Fsp3) is 0.867. The number of nitrogens with one attached hydrogen (secondary N) is 2. The smallest absolute Gasteiger partial charge is 0.312 e. The quantitative estimate of drug-likeness (QED) is 0.717. The Morgan fingerprint density at radius 2 is 2.00 bits per heavy atom. The zero-order valence-electron chi connectivity index (χ0n) is 13.0. The first kappa shape index (κ1) is 17.3. The van der Waals surface area contributed by atoms with Crippen LogP contribution in [0.15, 0.2) is 0 Å². The SMILES string of the molecule is Cl.NC(=O)NCC1CCCCN1C(=O)C1CC12CCNCC2. The Balaban J connectivity index is 0.00000176. The highest BCUT2D eigenvalue weighted by atomic mass is 35.5. The van der Waals surface area contributed by atoms with Gasteiger partial charge in [0.1, 0.15) is 0 Å². The van der Waals surface area contributed by atoms with Crippen molar-refractivity contribution in [1.29, 1.82) is 0 Å². The molecule has 0 aromatic rings. The fourth-order valence-corrected chi connectivity index (χ4v) is 4.10. The molecule has 2 heterocycles. The lowest BCUT2D eigenvalue weighted by molar-refractivity contribution is -0.137. The molecule has 6 nitrogen and oxygen atoms in total. The van der Waals surface area contributed by atoms with Crippen LogP contribution < -0.4 is 16.4 Å². The van der Waals surface area contributed by atoms with Gasteiger partial charge in [0, 0.05) is 25.0 Å². The number of hydrogen-bond donors (Lipinski definition) is 3. The first-order valence-corrected chi connectivity index (χ1v) is 8.17. The number of carbonyl (C=O) groups is 2. The molecule has 0 radical (unpaired) electrons. The number of hydrogen-bond acceptors (Lipinski definition) is 3. The number of urea groups is 1. The average molecular weight is 331 g/mol. The van der Waals surface area contributed by atoms with Crippen LogP contribution in [0, 0.1) is 11.3 Å². The molecule has 1 saturated carbocycles. The molecule has 4 N–H and O–H groups in total. The largest absolute Gasteiger partial charge is 0.352 e. The monoisotopic (exact) mass is 330 g/mol. The number of nitrogens with zero attached hydrogens (tertiary/aromatic N) is 1. The lowest BCUT2D eigenvalue weighted by atomic mass is 9.91. The van der Waals surface area contributed by atoms with Crippen LogP contribution in [0.2, 0.25) is 0 Å². The molecule has 0 aromatic heterocycles. The standard InChI is InChI=1S/C15H26N4O2.ClH/c16-14(21)18-10-11-3-1-2-8-19(11)13(20)12-9-15(12)4-6-17-7-5-15;/h11-12,17H,1-10H2,(H3,16,18,21);1H. The Bertz CT molecular complexity index is 426. The number of rotatable bonds is 3. The van der Waals surface area contributed by atoms with Gasteiger partial charge in [-0.05, 0) is 57.0 Å². The van der Waals surface area contributed by atoms with Gasteiger partial charge >= 0.3 is 6.03 Å². The summed E-state index contributed by atoms with van der Waals surface area (Å²) in [4.78, 5) is 25.8. The average Bonchev–Trinajstić information content (AvgIpc) is 3.18. The van der Waals surface area contributed by atoms with Crippen molar-refractivity contribution in [3.8, 4) is 0 Å². The zero-order valence-corrected chi connectivity index (χ0v) is 13.8. The van der Waals surface area contributed by atoms with Gasteiger partial charge in [-0.1, -0.05) is 0 Å². The van der Waals surface area contributed by atoms with E-state index < -0.39 is 6.03 Å². The van der Waals surface area contributed by atoms with Crippen LogP contribution in [-0.2, 0) is 4.79 Å². The Morgan fingerprint density at radius 3 is 2.68 bits per heavy atom. The van der Waals surface area contributed by atoms with Gasteiger partial charge in [0.25, 0.3) is 0 Å². The van der Waals surface area contributed by atoms with Crippen molar-refractivity contribution in [2.75, 3.05) is 26.2 Å². The number of carbonyl (C=O) groups excluding carboxylic acids is 2. The van der Waals surface area contributed by atoms with Gasteiger partial charge in [-0.15, -0.1) is 12.4 Å². The molecule has 7 heteroatoms. The van der Waals surface area contributed by atoms with Crippen molar-refractivity contribution in [2.45, 2.75) is 44.6 Å². The third-order valence-corrected chi connectivity index (χ3v) is 5.51. The van der Waals surface area contributed by atoms with Gasteiger partial charge < -0.3 is 21.3 Å². The molecule has 0 aromatic carbocycles. The molecule has 3 aliphatic rings. The molecule has 2 saturated heterocycles. The Kier molecular flexibility index (Phi) is 5.55. The van der Waals surface area contributed by atoms with Gasteiger partial charge in [-0.2, -0.15) is 0 Å². The van der Waals surface area contributed by atoms with E-state index in [2.05, 4.69) is 10.6 Å². The summed E-state index contributed by atoms with van der Waals surface area (Å²) < 4.78 is 0. The highest BCUT2D eigenvalue weighted by Crippen LogP contribution is 2.59. The molecule has 1 aliphatic carbocycles. The third kappa shape index (κ3) is 3.49. The van der Waals surface area contributed by atoms with Crippen LogP contribution in [-0.4, -0.2) is 49.1 Å². The minimum atomic E-state index is -0.505. The number of likely N-dealkylation sites (tertiary alicyclic amines) is 1. The van der Waals surface area contributed by atoms with E-state index in [1.165, 1.54) is 0 Å². The van der Waals surface area contributed by atoms with Gasteiger partial charge in [0.15, 0.2) is 0 Å². The second kappa shape index (κ2) is 7.04. The van der Waals surface area contributed by atoms with Crippen molar-refractivity contribution < 1.29 is 9.59 Å². The van der Waals surface area contributed by atoms with Crippen molar-refractivity contribution in [3.05, 3.63) is 0 Å². The summed E-state index contributed by atoms with van der Waals surface area (Å²) in [5.41, 5.74) is 5.43. The second-order valence-corrected chi connectivity index (χ2v) is 6.80. The van der Waals surface area contributed by atoms with Gasteiger partial charge in [0.2, 0.25) is 5.91 Å². The fourth-order valence-electron chi connectivity index (χ4n) is 4.10. The van der Waals surface area contributed by atoms with E-state index in [4.69, 9.17) is 5.73 Å². The van der Waals surface area contributed by atoms with Crippen LogP contribution in [0.5, 0.6) is 0 Å². The molecule has 0 bridgehead atoms. The molecule has 126 valence electrons. The van der Waals surface area contributed by atoms with E-state index in [0.29, 0.717) is 12.5 Å². The maximum absolute atomic E-state index is 12.9. The summed E-state index contributed by atoms with van der Waals surface area (Å²) in [6, 6.07) is -0.382. The summed E-state index contributed by atoms with van der Waals surface area (Å²) in [6.45, 7) is 3.39. The first-order chi connectivity index (χ1) is 10.1. The number of amides is 3. The number of halogens is 1. The van der Waals surface area contributed by atoms with Crippen LogP contribution in [0.4, 0.5) is 4.79 Å². The van der Waals surface area contributed by atoms with E-state index >= 15 is 0 Å². The Morgan fingerprint density at radius 1 is 1.27 bits per heavy atom. The van der Waals surface area contributed by atoms with E-state index in [-0.39, 0.29) is 29.8 Å². The zero-order chi connectivity index (χ0) is 14.9. The summed E-state index contributed by atoms with van der Waals surface area (Å²) in [5.74, 6) is 0.529. The normalized spacial score (nSPS) is 29.5. The van der Waals surface area contributed by atoms with Crippen LogP contribution in [0.3, 0.4) is 0 Å². The maximum Gasteiger partial charge on any atom is 0.312 e. The highest BCUT2D eigenvalue weighted by molar-refractivity contribution is 5.85. The molecule has 2 unspecified atom stereocenters. The summed E-state index contributed by atoms with van der Waals surface area (Å²) >= 11 is 0. The molecule has 3 fully saturated rings. The molecule has 3 amide bonds. The van der Waals surface area contributed by atoms with Crippen molar-refractivity contribution in [3.63, 3.8) is 0 Å². The maximum atomic E-state index is 12.9. The van der Waals surface area contributed by atoms with Gasteiger partial charge in [-0.3, -0.25) is 4.79 Å². The number of nitrogens with two attached hydrogens (primary N) is 1. The predicted molar refractivity (Wildman–Crippen MR) is 86.8 cm³/mol. The number of piperidine rings is 2. The Hall–Kier alpha value is -1.01. The van der Waals surface area contributed by atoms with E-state index in [1.807, 2.05) is 4.90 Å². The summed E-state index contributed by atoms with van der Waals surface area (Å²) in [7, 11) is 0. The lowest BCUT2D eigenvalue weighted by Gasteiger charge is -2.37. The second-order valence-electron chi connectivity index (χ2n) is 6.80. The summed E-state index contributed by atoms with van der Waals surface area (Å²) in [6.07, 6.45) is 6.46. The molecule has 2 aliphatic heterocycles. The van der Waals surface area contributed by atoms with Crippen molar-refractivity contribution in [2.24, 2.45) is 17.1 Å². The lowest BCUT2D eigenvalue weighted by Crippen LogP contribution is -2.51. The van der Waals surface area contributed by atoms with Crippen molar-refractivity contribution >= 4 is 24.3 Å². The number of primary amides is 1. The predicted octanol–water partition coefficient (Wildman–Crippen LogP) is 0.847. The molecular formula is C15H27ClN4O2. The Labute approximate surface area is 138 Å². The van der Waals surface area contributed by atoms with Crippen LogP contribution in [0.1, 0.15) is 38.5 Å². The molecule has 1 spiro atoms. The van der Waals surface area contributed by atoms with Crippen molar-refractivity contribution in [1.82, 2.24) is 15.5 Å². The molecule has 2 atom stereocenters. The minimum Gasteiger partial charge on any atom is -0.352 e. The topological polar surface area (TPSA) is 87.5 Å². The molecule has 22 heavy (non-hydrogen) atoms. The summed E-state index contributed by atoms with van der Waals surface area (Å²) in [5, 5.41) is 6.04. The highest BCUT2D eigenvalue weighted by Gasteiger charge is 2.59. The van der Waals surface area contributed by atoms with Crippen LogP contribution in [0.25, 0.3) is 0 Å². The van der Waals surface area contributed by atoms with Crippen LogP contribution >= 0.6 is 12.4 Å². The minimum absolute atomic E-state index is 0. The van der Waals surface area contributed by atoms with E-state index in [0.717, 1.165) is 58.2 Å². The van der Waals surface area contributed by atoms with Gasteiger partial charge in [0.05, 0.1) is 0 Å².